The Morgan fingerprint density at radius 1 is 0.825 bits per heavy atom. The van der Waals surface area contributed by atoms with E-state index in [1.807, 2.05) is 96.8 Å². The van der Waals surface area contributed by atoms with Crippen LogP contribution in [0.1, 0.15) is 13.8 Å². The highest BCUT2D eigenvalue weighted by Crippen LogP contribution is 2.53. The largest absolute Gasteiger partial charge is 0.465 e. The zero-order valence-electron chi connectivity index (χ0n) is 22.2. The van der Waals surface area contributed by atoms with Crippen LogP contribution in [0.15, 0.2) is 114 Å². The predicted octanol–water partition coefficient (Wildman–Crippen LogP) is 3.62. The fourth-order valence-electron chi connectivity index (χ4n) is 5.22. The lowest BCUT2D eigenvalue weighted by Crippen LogP contribution is -2.47. The molecule has 0 N–H and O–H groups in total. The first kappa shape index (κ1) is 27.2. The number of carbonyl (C=O) groups is 3. The first-order chi connectivity index (χ1) is 19.5. The van der Waals surface area contributed by atoms with Crippen LogP contribution in [0, 0.1) is 5.41 Å². The molecule has 0 aromatic heterocycles. The molecule has 0 spiro atoms. The fraction of sp³-hybridized carbons (Fsp3) is 0.188. The standard InChI is InChI=1S/C32H29O7P/c1-3-36-29(34)26-20-38-30-28(27(33)21-39-30)32(26,31(35)37-4-2)22-40(23-14-8-5-9-15-23,24-16-10-6-11-17-24)25-18-12-7-13-19-25/h5-20,22H,3-4,21H2,1-2H3. The smallest absolute Gasteiger partial charge is 0.339 e. The predicted molar refractivity (Wildman–Crippen MR) is 154 cm³/mol. The summed E-state index contributed by atoms with van der Waals surface area (Å²) in [6.45, 7) is 0.195. The Kier molecular flexibility index (Phi) is 7.76. The van der Waals surface area contributed by atoms with E-state index in [9.17, 15) is 14.4 Å². The second-order valence-electron chi connectivity index (χ2n) is 9.13. The van der Waals surface area contributed by atoms with E-state index < -0.39 is 30.0 Å². The molecule has 0 radical (unpaired) electrons. The van der Waals surface area contributed by atoms with Crippen LogP contribution >= 0.6 is 6.89 Å². The van der Waals surface area contributed by atoms with Gasteiger partial charge in [0, 0.05) is 0 Å². The quantitative estimate of drug-likeness (QED) is 0.309. The van der Waals surface area contributed by atoms with Crippen molar-refractivity contribution in [2.75, 3.05) is 19.8 Å². The lowest BCUT2D eigenvalue weighted by atomic mass is 9.73. The molecule has 204 valence electrons. The van der Waals surface area contributed by atoms with Crippen molar-refractivity contribution in [2.45, 2.75) is 13.8 Å². The zero-order chi connectivity index (χ0) is 28.2. The molecule has 2 aliphatic heterocycles. The van der Waals surface area contributed by atoms with Gasteiger partial charge in [-0.05, 0) is 42.4 Å². The molecule has 0 aliphatic carbocycles. The number of ether oxygens (including phenoxy) is 4. The molecule has 0 bridgehead atoms. The molecule has 2 aliphatic rings. The van der Waals surface area contributed by atoms with Crippen molar-refractivity contribution in [2.24, 2.45) is 5.41 Å². The summed E-state index contributed by atoms with van der Waals surface area (Å²) in [5, 5.41) is 2.75. The SMILES string of the molecule is CCOC(=O)C1=COC2=C(C(=O)CO2)C1(C=P(c1ccccc1)(c1ccccc1)c1ccccc1)C(=O)OCC. The van der Waals surface area contributed by atoms with Crippen molar-refractivity contribution in [3.63, 3.8) is 0 Å². The number of esters is 2. The summed E-state index contributed by atoms with van der Waals surface area (Å²) in [5.74, 6) is -0.317. The van der Waals surface area contributed by atoms with Gasteiger partial charge in [-0.15, -0.1) is 0 Å². The van der Waals surface area contributed by atoms with Crippen LogP contribution in [0.3, 0.4) is 0 Å². The monoisotopic (exact) mass is 556 g/mol. The molecule has 1 unspecified atom stereocenters. The number of rotatable bonds is 8. The molecule has 5 rings (SSSR count). The van der Waals surface area contributed by atoms with E-state index in [0.717, 1.165) is 22.2 Å². The zero-order valence-corrected chi connectivity index (χ0v) is 23.1. The second kappa shape index (κ2) is 11.4. The van der Waals surface area contributed by atoms with Gasteiger partial charge >= 0.3 is 11.9 Å². The van der Waals surface area contributed by atoms with Crippen LogP contribution in [0.2, 0.25) is 0 Å². The highest BCUT2D eigenvalue weighted by atomic mass is 31.2. The summed E-state index contributed by atoms with van der Waals surface area (Å²) in [4.78, 5) is 41.4. The molecule has 1 atom stereocenters. The second-order valence-corrected chi connectivity index (χ2v) is 12.4. The van der Waals surface area contributed by atoms with E-state index >= 15 is 0 Å². The average molecular weight is 557 g/mol. The van der Waals surface area contributed by atoms with Crippen LogP contribution in [0.25, 0.3) is 0 Å². The Balaban J connectivity index is 2.02. The van der Waals surface area contributed by atoms with Crippen molar-refractivity contribution < 1.29 is 33.3 Å². The number of ketones is 1. The van der Waals surface area contributed by atoms with E-state index in [1.165, 1.54) is 0 Å². The third-order valence-electron chi connectivity index (χ3n) is 6.89. The van der Waals surface area contributed by atoms with Crippen molar-refractivity contribution in [3.05, 3.63) is 114 Å². The lowest BCUT2D eigenvalue weighted by molar-refractivity contribution is -0.152. The Morgan fingerprint density at radius 3 is 1.80 bits per heavy atom. The summed E-state index contributed by atoms with van der Waals surface area (Å²) in [7, 11) is 0. The Morgan fingerprint density at radius 2 is 1.32 bits per heavy atom. The molecular weight excluding hydrogens is 527 g/mol. The molecule has 2 heterocycles. The van der Waals surface area contributed by atoms with Gasteiger partial charge in [0.2, 0.25) is 5.78 Å². The average Bonchev–Trinajstić information content (AvgIpc) is 3.38. The first-order valence-electron chi connectivity index (χ1n) is 13.0. The number of Topliss-reactive ketones (excluding diaryl/α,β-unsaturated/α-hetero) is 1. The van der Waals surface area contributed by atoms with Gasteiger partial charge in [-0.1, -0.05) is 91.0 Å². The normalized spacial score (nSPS) is 18.1. The Hall–Kier alpha value is -4.35. The molecular formula is C32H29O7P. The molecule has 3 aromatic carbocycles. The molecule has 0 fully saturated rings. The summed E-state index contributed by atoms with van der Waals surface area (Å²) < 4.78 is 22.3. The van der Waals surface area contributed by atoms with Crippen LogP contribution in [-0.4, -0.2) is 43.3 Å². The summed E-state index contributed by atoms with van der Waals surface area (Å²) in [6.07, 6.45) is 1.15. The summed E-state index contributed by atoms with van der Waals surface area (Å²) in [6, 6.07) is 29.3. The van der Waals surface area contributed by atoms with E-state index in [0.29, 0.717) is 0 Å². The molecule has 0 saturated heterocycles. The third-order valence-corrected chi connectivity index (χ3v) is 11.0. The molecule has 0 amide bonds. The van der Waals surface area contributed by atoms with E-state index in [2.05, 4.69) is 0 Å². The van der Waals surface area contributed by atoms with Crippen molar-refractivity contribution in [1.82, 2.24) is 0 Å². The number of hydrogen-bond acceptors (Lipinski definition) is 7. The highest BCUT2D eigenvalue weighted by Gasteiger charge is 2.58. The van der Waals surface area contributed by atoms with Crippen LogP contribution < -0.4 is 15.9 Å². The van der Waals surface area contributed by atoms with E-state index in [1.54, 1.807) is 13.8 Å². The van der Waals surface area contributed by atoms with E-state index in [4.69, 9.17) is 18.9 Å². The van der Waals surface area contributed by atoms with Gasteiger partial charge in [-0.3, -0.25) is 9.59 Å². The van der Waals surface area contributed by atoms with Crippen molar-refractivity contribution in [1.29, 1.82) is 0 Å². The van der Waals surface area contributed by atoms with E-state index in [-0.39, 0.29) is 36.9 Å². The number of benzene rings is 3. The third kappa shape index (κ3) is 4.46. The molecule has 40 heavy (non-hydrogen) atoms. The van der Waals surface area contributed by atoms with Crippen molar-refractivity contribution in [3.8, 4) is 0 Å². The molecule has 0 saturated carbocycles. The molecule has 8 heteroatoms. The Bertz CT molecular complexity index is 1440. The van der Waals surface area contributed by atoms with Gasteiger partial charge in [0.05, 0.1) is 18.8 Å². The van der Waals surface area contributed by atoms with Gasteiger partial charge in [0.1, 0.15) is 11.8 Å². The minimum absolute atomic E-state index is 0.0243. The van der Waals surface area contributed by atoms with Gasteiger partial charge in [0.15, 0.2) is 12.0 Å². The Labute approximate surface area is 233 Å². The van der Waals surface area contributed by atoms with Gasteiger partial charge in [-0.25, -0.2) is 4.79 Å². The summed E-state index contributed by atoms with van der Waals surface area (Å²) in [5.41, 5.74) is -2.18. The minimum Gasteiger partial charge on any atom is -0.465 e. The minimum atomic E-state index is -2.91. The van der Waals surface area contributed by atoms with Gasteiger partial charge < -0.3 is 18.9 Å². The first-order valence-corrected chi connectivity index (χ1v) is 14.9. The molecule has 3 aromatic rings. The lowest BCUT2D eigenvalue weighted by Gasteiger charge is -2.37. The maximum Gasteiger partial charge on any atom is 0.339 e. The maximum atomic E-state index is 14.3. The number of carbonyl (C=O) groups excluding carboxylic acids is 3. The summed E-state index contributed by atoms with van der Waals surface area (Å²) >= 11 is 0. The fourth-order valence-corrected chi connectivity index (χ4v) is 9.44. The van der Waals surface area contributed by atoms with Crippen molar-refractivity contribution >= 4 is 46.3 Å². The van der Waals surface area contributed by atoms with Gasteiger partial charge in [-0.2, -0.15) is 0 Å². The van der Waals surface area contributed by atoms with Crippen LogP contribution in [-0.2, 0) is 33.3 Å². The maximum absolute atomic E-state index is 14.3. The molecule has 7 nitrogen and oxygen atoms in total. The topological polar surface area (TPSA) is 88.1 Å². The highest BCUT2D eigenvalue weighted by molar-refractivity contribution is 7.94. The van der Waals surface area contributed by atoms with Gasteiger partial charge in [0.25, 0.3) is 5.95 Å². The van der Waals surface area contributed by atoms with Crippen LogP contribution in [0.4, 0.5) is 0 Å². The van der Waals surface area contributed by atoms with Crippen LogP contribution in [0.5, 0.6) is 0 Å². The number of hydrogen-bond donors (Lipinski definition) is 0.